The second-order valence-electron chi connectivity index (χ2n) is 8.30. The SMILES string of the molecule is Cc1ccc(S(=O)(=O)N2CCC(C(=O)Nc3cc(C(=O)NC(C)C)ccc3Cl)CC2)cc1. The zero-order valence-corrected chi connectivity index (χ0v) is 20.0. The van der Waals surface area contributed by atoms with E-state index in [0.717, 1.165) is 5.56 Å². The van der Waals surface area contributed by atoms with E-state index >= 15 is 0 Å². The Bertz CT molecular complexity index is 1090. The van der Waals surface area contributed by atoms with Crippen LogP contribution < -0.4 is 10.6 Å². The summed E-state index contributed by atoms with van der Waals surface area (Å²) >= 11 is 6.22. The number of anilines is 1. The molecule has 2 N–H and O–H groups in total. The number of nitrogens with zero attached hydrogens (tertiary/aromatic N) is 1. The van der Waals surface area contributed by atoms with E-state index in [1.165, 1.54) is 4.31 Å². The zero-order valence-electron chi connectivity index (χ0n) is 18.4. The van der Waals surface area contributed by atoms with E-state index in [-0.39, 0.29) is 41.8 Å². The average Bonchev–Trinajstić information content (AvgIpc) is 2.75. The van der Waals surface area contributed by atoms with Crippen molar-refractivity contribution >= 4 is 39.1 Å². The van der Waals surface area contributed by atoms with Crippen LogP contribution in [-0.4, -0.2) is 43.7 Å². The monoisotopic (exact) mass is 477 g/mol. The standard InChI is InChI=1S/C23H28ClN3O4S/c1-15(2)25-23(29)18-6-9-20(24)21(14-18)26-22(28)17-10-12-27(13-11-17)32(30,31)19-7-4-16(3)5-8-19/h4-9,14-15,17H,10-13H2,1-3H3,(H,25,29)(H,26,28). The van der Waals surface area contributed by atoms with Crippen molar-refractivity contribution in [2.75, 3.05) is 18.4 Å². The minimum Gasteiger partial charge on any atom is -0.350 e. The van der Waals surface area contributed by atoms with Gasteiger partial charge in [0.15, 0.2) is 0 Å². The predicted molar refractivity (Wildman–Crippen MR) is 125 cm³/mol. The van der Waals surface area contributed by atoms with Crippen LogP contribution in [0.25, 0.3) is 0 Å². The second-order valence-corrected chi connectivity index (χ2v) is 10.6. The van der Waals surface area contributed by atoms with Gasteiger partial charge in [-0.15, -0.1) is 0 Å². The van der Waals surface area contributed by atoms with Gasteiger partial charge in [-0.25, -0.2) is 8.42 Å². The smallest absolute Gasteiger partial charge is 0.251 e. The Hall–Kier alpha value is -2.42. The van der Waals surface area contributed by atoms with Crippen LogP contribution >= 0.6 is 11.6 Å². The quantitative estimate of drug-likeness (QED) is 0.661. The summed E-state index contributed by atoms with van der Waals surface area (Å²) in [6.07, 6.45) is 0.810. The first-order valence-corrected chi connectivity index (χ1v) is 12.4. The number of aryl methyl sites for hydroxylation is 1. The van der Waals surface area contributed by atoms with Crippen molar-refractivity contribution in [1.82, 2.24) is 9.62 Å². The highest BCUT2D eigenvalue weighted by Gasteiger charge is 2.32. The minimum absolute atomic E-state index is 0.0161. The van der Waals surface area contributed by atoms with Gasteiger partial charge in [0.1, 0.15) is 0 Å². The molecule has 9 heteroatoms. The van der Waals surface area contributed by atoms with Crippen LogP contribution in [0, 0.1) is 12.8 Å². The molecule has 0 unspecified atom stereocenters. The van der Waals surface area contributed by atoms with Crippen molar-refractivity contribution in [3.63, 3.8) is 0 Å². The molecule has 1 fully saturated rings. The van der Waals surface area contributed by atoms with E-state index in [9.17, 15) is 18.0 Å². The van der Waals surface area contributed by atoms with Gasteiger partial charge >= 0.3 is 0 Å². The van der Waals surface area contributed by atoms with Crippen molar-refractivity contribution in [3.8, 4) is 0 Å². The Morgan fingerprint density at radius 1 is 1.06 bits per heavy atom. The number of carbonyl (C=O) groups is 2. The number of sulfonamides is 1. The third-order valence-corrected chi connectivity index (χ3v) is 7.63. The lowest BCUT2D eigenvalue weighted by molar-refractivity contribution is -0.120. The molecule has 0 aliphatic carbocycles. The first kappa shape index (κ1) is 24.2. The highest BCUT2D eigenvalue weighted by Crippen LogP contribution is 2.28. The van der Waals surface area contributed by atoms with E-state index in [1.807, 2.05) is 20.8 Å². The molecule has 1 saturated heterocycles. The average molecular weight is 478 g/mol. The van der Waals surface area contributed by atoms with Crippen molar-refractivity contribution in [3.05, 3.63) is 58.6 Å². The maximum Gasteiger partial charge on any atom is 0.251 e. The third-order valence-electron chi connectivity index (χ3n) is 5.39. The fraction of sp³-hybridized carbons (Fsp3) is 0.391. The second kappa shape index (κ2) is 10.0. The van der Waals surface area contributed by atoms with Crippen molar-refractivity contribution < 1.29 is 18.0 Å². The third kappa shape index (κ3) is 5.68. The van der Waals surface area contributed by atoms with E-state index < -0.39 is 10.0 Å². The molecule has 1 aliphatic heterocycles. The van der Waals surface area contributed by atoms with Gasteiger partial charge < -0.3 is 10.6 Å². The molecule has 0 spiro atoms. The number of amides is 2. The summed E-state index contributed by atoms with van der Waals surface area (Å²) in [5.74, 6) is -0.828. The Morgan fingerprint density at radius 3 is 2.28 bits per heavy atom. The van der Waals surface area contributed by atoms with Crippen LogP contribution in [0.1, 0.15) is 42.6 Å². The summed E-state index contributed by atoms with van der Waals surface area (Å²) in [4.78, 5) is 25.3. The van der Waals surface area contributed by atoms with Crippen LogP contribution in [0.15, 0.2) is 47.4 Å². The molecule has 2 aromatic carbocycles. The van der Waals surface area contributed by atoms with Gasteiger partial charge in [0.2, 0.25) is 15.9 Å². The fourth-order valence-corrected chi connectivity index (χ4v) is 5.19. The molecule has 32 heavy (non-hydrogen) atoms. The van der Waals surface area contributed by atoms with E-state index in [1.54, 1.807) is 42.5 Å². The van der Waals surface area contributed by atoms with Gasteiger partial charge in [-0.05, 0) is 63.9 Å². The number of hydrogen-bond acceptors (Lipinski definition) is 4. The number of hydrogen-bond donors (Lipinski definition) is 2. The molecule has 3 rings (SSSR count). The molecule has 0 saturated carbocycles. The minimum atomic E-state index is -3.58. The van der Waals surface area contributed by atoms with Crippen molar-refractivity contribution in [1.29, 1.82) is 0 Å². The molecule has 0 radical (unpaired) electrons. The van der Waals surface area contributed by atoms with E-state index in [2.05, 4.69) is 10.6 Å². The lowest BCUT2D eigenvalue weighted by Gasteiger charge is -2.30. The lowest BCUT2D eigenvalue weighted by Crippen LogP contribution is -2.41. The summed E-state index contributed by atoms with van der Waals surface area (Å²) in [6.45, 7) is 6.15. The Balaban J connectivity index is 1.63. The summed E-state index contributed by atoms with van der Waals surface area (Å²) in [5, 5.41) is 5.93. The van der Waals surface area contributed by atoms with Gasteiger partial charge in [-0.3, -0.25) is 9.59 Å². The summed E-state index contributed by atoms with van der Waals surface area (Å²) in [5.41, 5.74) is 1.75. The Labute approximate surface area is 194 Å². The molecule has 7 nitrogen and oxygen atoms in total. The molecule has 0 aromatic heterocycles. The highest BCUT2D eigenvalue weighted by atomic mass is 35.5. The van der Waals surface area contributed by atoms with E-state index in [0.29, 0.717) is 29.1 Å². The molecular formula is C23H28ClN3O4S. The topological polar surface area (TPSA) is 95.6 Å². The van der Waals surface area contributed by atoms with E-state index in [4.69, 9.17) is 11.6 Å². The van der Waals surface area contributed by atoms with Gasteiger partial charge in [0, 0.05) is 30.6 Å². The maximum atomic E-state index is 12.9. The van der Waals surface area contributed by atoms with Crippen molar-refractivity contribution in [2.24, 2.45) is 5.92 Å². The molecular weight excluding hydrogens is 450 g/mol. The summed E-state index contributed by atoms with van der Waals surface area (Å²) in [7, 11) is -3.58. The first-order valence-electron chi connectivity index (χ1n) is 10.6. The number of rotatable bonds is 6. The van der Waals surface area contributed by atoms with Gasteiger partial charge in [0.05, 0.1) is 15.6 Å². The summed E-state index contributed by atoms with van der Waals surface area (Å²) in [6, 6.07) is 11.5. The molecule has 2 amide bonds. The number of nitrogens with one attached hydrogen (secondary N) is 2. The fourth-order valence-electron chi connectivity index (χ4n) is 3.56. The number of halogens is 1. The van der Waals surface area contributed by atoms with Gasteiger partial charge in [-0.1, -0.05) is 29.3 Å². The first-order chi connectivity index (χ1) is 15.1. The van der Waals surface area contributed by atoms with Crippen LogP contribution in [0.5, 0.6) is 0 Å². The van der Waals surface area contributed by atoms with Crippen LogP contribution in [-0.2, 0) is 14.8 Å². The van der Waals surface area contributed by atoms with Crippen LogP contribution in [0.2, 0.25) is 5.02 Å². The lowest BCUT2D eigenvalue weighted by atomic mass is 9.97. The maximum absolute atomic E-state index is 12.9. The molecule has 0 bridgehead atoms. The molecule has 1 heterocycles. The van der Waals surface area contributed by atoms with Crippen molar-refractivity contribution in [2.45, 2.75) is 44.6 Å². The predicted octanol–water partition coefficient (Wildman–Crippen LogP) is 3.83. The molecule has 1 aliphatic rings. The Kier molecular flexibility index (Phi) is 7.59. The van der Waals surface area contributed by atoms with Gasteiger partial charge in [0.25, 0.3) is 5.91 Å². The molecule has 2 aromatic rings. The molecule has 0 atom stereocenters. The number of carbonyl (C=O) groups excluding carboxylic acids is 2. The van der Waals surface area contributed by atoms with Crippen LogP contribution in [0.4, 0.5) is 5.69 Å². The molecule has 172 valence electrons. The van der Waals surface area contributed by atoms with Crippen LogP contribution in [0.3, 0.4) is 0 Å². The number of benzene rings is 2. The highest BCUT2D eigenvalue weighted by molar-refractivity contribution is 7.89. The zero-order chi connectivity index (χ0) is 23.5. The normalized spacial score (nSPS) is 15.5. The largest absolute Gasteiger partial charge is 0.350 e. The van der Waals surface area contributed by atoms with Gasteiger partial charge in [-0.2, -0.15) is 4.31 Å². The Morgan fingerprint density at radius 2 is 1.69 bits per heavy atom. The summed E-state index contributed by atoms with van der Waals surface area (Å²) < 4.78 is 27.1. The number of piperidine rings is 1.